The Balaban J connectivity index is 1.28. The van der Waals surface area contributed by atoms with Crippen LogP contribution in [0.25, 0.3) is 22.4 Å². The molecule has 30 heavy (non-hydrogen) atoms. The Morgan fingerprint density at radius 2 is 2.07 bits per heavy atom. The van der Waals surface area contributed by atoms with Crippen LogP contribution in [0, 0.1) is 11.7 Å². The summed E-state index contributed by atoms with van der Waals surface area (Å²) in [6.07, 6.45) is 2.43. The molecular formula is C21H18FN5O2S. The molecule has 7 nitrogen and oxygen atoms in total. The largest absolute Gasteiger partial charge is 0.339 e. The zero-order chi connectivity index (χ0) is 20.5. The van der Waals surface area contributed by atoms with E-state index in [1.807, 2.05) is 11.0 Å². The Labute approximate surface area is 175 Å². The van der Waals surface area contributed by atoms with Gasteiger partial charge in [-0.05, 0) is 49.1 Å². The van der Waals surface area contributed by atoms with Gasteiger partial charge in [0.2, 0.25) is 11.7 Å². The average Bonchev–Trinajstić information content (AvgIpc) is 3.42. The molecule has 5 rings (SSSR count). The molecule has 0 radical (unpaired) electrons. The van der Waals surface area contributed by atoms with E-state index in [4.69, 9.17) is 4.52 Å². The van der Waals surface area contributed by atoms with Gasteiger partial charge in [0, 0.05) is 25.1 Å². The van der Waals surface area contributed by atoms with E-state index in [0.29, 0.717) is 36.5 Å². The number of benzene rings is 2. The van der Waals surface area contributed by atoms with Gasteiger partial charge in [-0.1, -0.05) is 17.3 Å². The van der Waals surface area contributed by atoms with Gasteiger partial charge in [0.1, 0.15) is 16.9 Å². The number of rotatable bonds is 4. The maximum atomic E-state index is 13.9. The molecule has 1 unspecified atom stereocenters. The Morgan fingerprint density at radius 1 is 1.20 bits per heavy atom. The lowest BCUT2D eigenvalue weighted by Crippen LogP contribution is -2.40. The Bertz CT molecular complexity index is 1210. The van der Waals surface area contributed by atoms with E-state index in [9.17, 15) is 9.18 Å². The maximum Gasteiger partial charge on any atom is 0.253 e. The van der Waals surface area contributed by atoms with Gasteiger partial charge in [-0.15, -0.1) is 0 Å². The molecule has 152 valence electrons. The number of fused-ring (bicyclic) bond motifs is 1. The van der Waals surface area contributed by atoms with E-state index in [1.165, 1.54) is 6.07 Å². The SMILES string of the molecule is O=C(c1ccc2nsnc2c1)N1CCCC(Cc2nc(-c3ccccc3F)no2)C1. The lowest BCUT2D eigenvalue weighted by atomic mass is 9.94. The molecule has 1 aliphatic heterocycles. The molecule has 4 aromatic rings. The lowest BCUT2D eigenvalue weighted by Gasteiger charge is -2.32. The quantitative estimate of drug-likeness (QED) is 0.494. The molecule has 0 bridgehead atoms. The molecule has 9 heteroatoms. The molecule has 2 aromatic carbocycles. The maximum absolute atomic E-state index is 13.9. The molecule has 0 spiro atoms. The minimum atomic E-state index is -0.383. The zero-order valence-electron chi connectivity index (χ0n) is 16.0. The predicted molar refractivity (Wildman–Crippen MR) is 109 cm³/mol. The highest BCUT2D eigenvalue weighted by atomic mass is 32.1. The van der Waals surface area contributed by atoms with Crippen molar-refractivity contribution in [2.24, 2.45) is 5.92 Å². The van der Waals surface area contributed by atoms with Crippen molar-refractivity contribution in [1.82, 2.24) is 23.8 Å². The van der Waals surface area contributed by atoms with E-state index >= 15 is 0 Å². The molecule has 1 fully saturated rings. The summed E-state index contributed by atoms with van der Waals surface area (Å²) in [5, 5.41) is 3.92. The van der Waals surface area contributed by atoms with Crippen molar-refractivity contribution >= 4 is 28.7 Å². The molecule has 0 N–H and O–H groups in total. The van der Waals surface area contributed by atoms with Crippen molar-refractivity contribution in [3.63, 3.8) is 0 Å². The number of hydrogen-bond donors (Lipinski definition) is 0. The average molecular weight is 423 g/mol. The summed E-state index contributed by atoms with van der Waals surface area (Å²) in [6, 6.07) is 11.8. The molecule has 1 amide bonds. The summed E-state index contributed by atoms with van der Waals surface area (Å²) < 4.78 is 27.7. The number of piperidine rings is 1. The molecular weight excluding hydrogens is 405 g/mol. The summed E-state index contributed by atoms with van der Waals surface area (Å²) in [4.78, 5) is 19.2. The van der Waals surface area contributed by atoms with Gasteiger partial charge in [-0.2, -0.15) is 13.7 Å². The molecule has 1 saturated heterocycles. The van der Waals surface area contributed by atoms with E-state index in [2.05, 4.69) is 18.9 Å². The van der Waals surface area contributed by atoms with Crippen LogP contribution in [-0.4, -0.2) is 42.8 Å². The van der Waals surface area contributed by atoms with Crippen molar-refractivity contribution in [2.45, 2.75) is 19.3 Å². The van der Waals surface area contributed by atoms with Gasteiger partial charge in [-0.3, -0.25) is 4.79 Å². The van der Waals surface area contributed by atoms with Crippen molar-refractivity contribution in [2.75, 3.05) is 13.1 Å². The fourth-order valence-corrected chi connectivity index (χ4v) is 4.37. The number of carbonyl (C=O) groups is 1. The van der Waals surface area contributed by atoms with Crippen molar-refractivity contribution in [3.05, 3.63) is 59.7 Å². The normalized spacial score (nSPS) is 16.8. The van der Waals surface area contributed by atoms with Gasteiger partial charge in [-0.25, -0.2) is 4.39 Å². The second-order valence-corrected chi connectivity index (χ2v) is 7.95. The third kappa shape index (κ3) is 3.68. The van der Waals surface area contributed by atoms with Crippen molar-refractivity contribution in [3.8, 4) is 11.4 Å². The van der Waals surface area contributed by atoms with E-state index < -0.39 is 0 Å². The van der Waals surface area contributed by atoms with Crippen LogP contribution in [0.1, 0.15) is 29.1 Å². The molecule has 2 aromatic heterocycles. The first-order chi connectivity index (χ1) is 14.7. The monoisotopic (exact) mass is 423 g/mol. The second-order valence-electron chi connectivity index (χ2n) is 7.42. The molecule has 1 atom stereocenters. The summed E-state index contributed by atoms with van der Waals surface area (Å²) in [5.41, 5.74) is 2.48. The Morgan fingerprint density at radius 3 is 2.97 bits per heavy atom. The van der Waals surface area contributed by atoms with Gasteiger partial charge >= 0.3 is 0 Å². The number of amides is 1. The third-order valence-corrected chi connectivity index (χ3v) is 5.91. The number of hydrogen-bond acceptors (Lipinski definition) is 7. The first kappa shape index (κ1) is 18.8. The van der Waals surface area contributed by atoms with Gasteiger partial charge in [0.05, 0.1) is 17.3 Å². The van der Waals surface area contributed by atoms with Gasteiger partial charge < -0.3 is 9.42 Å². The van der Waals surface area contributed by atoms with Crippen LogP contribution in [0.3, 0.4) is 0 Å². The lowest BCUT2D eigenvalue weighted by molar-refractivity contribution is 0.0668. The van der Waals surface area contributed by atoms with E-state index in [1.54, 1.807) is 30.3 Å². The van der Waals surface area contributed by atoms with Crippen LogP contribution in [-0.2, 0) is 6.42 Å². The summed E-state index contributed by atoms with van der Waals surface area (Å²) in [7, 11) is 0. The predicted octanol–water partition coefficient (Wildman–Crippen LogP) is 3.98. The first-order valence-electron chi connectivity index (χ1n) is 9.76. The fraction of sp³-hybridized carbons (Fsp3) is 0.286. The number of nitrogens with zero attached hydrogens (tertiary/aromatic N) is 5. The topological polar surface area (TPSA) is 85.0 Å². The van der Waals surface area contributed by atoms with Crippen LogP contribution in [0.2, 0.25) is 0 Å². The standard InChI is InChI=1S/C21H18FN5O2S/c22-16-6-2-1-5-15(16)20-23-19(29-24-20)10-13-4-3-9-27(12-13)21(28)14-7-8-17-18(11-14)26-30-25-17/h1-2,5-8,11,13H,3-4,9-10,12H2. The molecule has 0 saturated carbocycles. The van der Waals surface area contributed by atoms with Gasteiger partial charge in [0.25, 0.3) is 5.91 Å². The van der Waals surface area contributed by atoms with Crippen LogP contribution in [0.5, 0.6) is 0 Å². The highest BCUT2D eigenvalue weighted by Gasteiger charge is 2.26. The minimum Gasteiger partial charge on any atom is -0.339 e. The van der Waals surface area contributed by atoms with Crippen molar-refractivity contribution in [1.29, 1.82) is 0 Å². The highest BCUT2D eigenvalue weighted by Crippen LogP contribution is 2.25. The minimum absolute atomic E-state index is 0.00725. The fourth-order valence-electron chi connectivity index (χ4n) is 3.85. The second kappa shape index (κ2) is 7.91. The number of aromatic nitrogens is 4. The van der Waals surface area contributed by atoms with Crippen LogP contribution >= 0.6 is 11.7 Å². The third-order valence-electron chi connectivity index (χ3n) is 5.35. The Kier molecular flexibility index (Phi) is 4.96. The van der Waals surface area contributed by atoms with Gasteiger partial charge in [0.15, 0.2) is 0 Å². The number of halogens is 1. The van der Waals surface area contributed by atoms with Crippen LogP contribution in [0.15, 0.2) is 47.0 Å². The molecule has 1 aliphatic rings. The van der Waals surface area contributed by atoms with Crippen LogP contribution in [0.4, 0.5) is 4.39 Å². The first-order valence-corrected chi connectivity index (χ1v) is 10.5. The number of carbonyl (C=O) groups excluding carboxylic acids is 1. The Hall–Kier alpha value is -3.20. The molecule has 3 heterocycles. The van der Waals surface area contributed by atoms with E-state index in [-0.39, 0.29) is 23.5 Å². The highest BCUT2D eigenvalue weighted by molar-refractivity contribution is 7.00. The van der Waals surface area contributed by atoms with Crippen LogP contribution < -0.4 is 0 Å². The smallest absolute Gasteiger partial charge is 0.253 e. The summed E-state index contributed by atoms with van der Waals surface area (Å²) in [6.45, 7) is 1.33. The summed E-state index contributed by atoms with van der Waals surface area (Å²) in [5.74, 6) is 0.527. The number of likely N-dealkylation sites (tertiary alicyclic amines) is 1. The van der Waals surface area contributed by atoms with Crippen molar-refractivity contribution < 1.29 is 13.7 Å². The van der Waals surface area contributed by atoms with E-state index in [0.717, 1.165) is 35.6 Å². The summed E-state index contributed by atoms with van der Waals surface area (Å²) >= 11 is 1.14. The zero-order valence-corrected chi connectivity index (χ0v) is 16.8. The molecule has 0 aliphatic carbocycles.